The first-order valence-electron chi connectivity index (χ1n) is 9.47. The maximum Gasteiger partial charge on any atom is -0.0326 e. The molecule has 0 saturated heterocycles. The van der Waals surface area contributed by atoms with E-state index in [-0.39, 0.29) is 0 Å². The lowest BCUT2D eigenvalue weighted by atomic mass is 9.70. The molecule has 0 aromatic carbocycles. The topological polar surface area (TPSA) is 0 Å². The molecule has 0 aliphatic carbocycles. The van der Waals surface area contributed by atoms with Crippen LogP contribution in [0.1, 0.15) is 112 Å². The zero-order valence-corrected chi connectivity index (χ0v) is 15.4. The standard InChI is InChI=1S/C20H42/c1-7-10-12-14-16-19(9-3)17-20(5,6)18(4)15-13-11-8-2/h18-19H,7-17H2,1-6H3. The van der Waals surface area contributed by atoms with Gasteiger partial charge >= 0.3 is 0 Å². The highest BCUT2D eigenvalue weighted by molar-refractivity contribution is 4.78. The Morgan fingerprint density at radius 2 is 1.30 bits per heavy atom. The van der Waals surface area contributed by atoms with Crippen LogP contribution in [0.15, 0.2) is 0 Å². The Morgan fingerprint density at radius 3 is 1.85 bits per heavy atom. The van der Waals surface area contributed by atoms with Gasteiger partial charge in [-0.1, -0.05) is 106 Å². The smallest absolute Gasteiger partial charge is 0.0326 e. The Balaban J connectivity index is 4.10. The van der Waals surface area contributed by atoms with Crippen LogP contribution in [0.25, 0.3) is 0 Å². The Labute approximate surface area is 130 Å². The fraction of sp³-hybridized carbons (Fsp3) is 1.00. The first-order valence-corrected chi connectivity index (χ1v) is 9.47. The minimum atomic E-state index is 0.527. The first kappa shape index (κ1) is 20.0. The van der Waals surface area contributed by atoms with Gasteiger partial charge in [-0.25, -0.2) is 0 Å². The van der Waals surface area contributed by atoms with Crippen LogP contribution < -0.4 is 0 Å². The van der Waals surface area contributed by atoms with Crippen molar-refractivity contribution >= 4 is 0 Å². The fourth-order valence-corrected chi connectivity index (χ4v) is 3.35. The van der Waals surface area contributed by atoms with Crippen molar-refractivity contribution in [2.75, 3.05) is 0 Å². The number of hydrogen-bond donors (Lipinski definition) is 0. The van der Waals surface area contributed by atoms with Gasteiger partial charge < -0.3 is 0 Å². The van der Waals surface area contributed by atoms with Gasteiger partial charge in [-0.15, -0.1) is 0 Å². The maximum atomic E-state index is 2.51. The molecule has 0 N–H and O–H groups in total. The van der Waals surface area contributed by atoms with Gasteiger partial charge in [-0.2, -0.15) is 0 Å². The summed E-state index contributed by atoms with van der Waals surface area (Å²) in [5.41, 5.74) is 0.527. The molecular weight excluding hydrogens is 240 g/mol. The van der Waals surface area contributed by atoms with E-state index in [4.69, 9.17) is 0 Å². The van der Waals surface area contributed by atoms with Crippen molar-refractivity contribution in [3.05, 3.63) is 0 Å². The minimum Gasteiger partial charge on any atom is -0.0654 e. The average molecular weight is 283 g/mol. The van der Waals surface area contributed by atoms with Gasteiger partial charge in [0.25, 0.3) is 0 Å². The molecule has 0 bridgehead atoms. The van der Waals surface area contributed by atoms with Gasteiger partial charge in [0.1, 0.15) is 0 Å². The summed E-state index contributed by atoms with van der Waals surface area (Å²) in [6.45, 7) is 14.5. The van der Waals surface area contributed by atoms with Crippen LogP contribution in [0.2, 0.25) is 0 Å². The number of unbranched alkanes of at least 4 members (excludes halogenated alkanes) is 5. The van der Waals surface area contributed by atoms with Crippen molar-refractivity contribution in [2.24, 2.45) is 17.3 Å². The predicted octanol–water partition coefficient (Wildman–Crippen LogP) is 7.62. The fourth-order valence-electron chi connectivity index (χ4n) is 3.35. The summed E-state index contributed by atoms with van der Waals surface area (Å²) in [5, 5.41) is 0. The monoisotopic (exact) mass is 282 g/mol. The molecule has 0 heterocycles. The van der Waals surface area contributed by atoms with Gasteiger partial charge in [-0.3, -0.25) is 0 Å². The van der Waals surface area contributed by atoms with Crippen molar-refractivity contribution < 1.29 is 0 Å². The molecule has 0 amide bonds. The van der Waals surface area contributed by atoms with E-state index in [0.717, 1.165) is 11.8 Å². The van der Waals surface area contributed by atoms with Crippen LogP contribution >= 0.6 is 0 Å². The summed E-state index contributed by atoms with van der Waals surface area (Å²) < 4.78 is 0. The molecule has 2 unspecified atom stereocenters. The largest absolute Gasteiger partial charge is 0.0654 e. The summed E-state index contributed by atoms with van der Waals surface area (Å²) in [7, 11) is 0. The molecule has 0 rings (SSSR count). The summed E-state index contributed by atoms with van der Waals surface area (Å²) >= 11 is 0. The third-order valence-corrected chi connectivity index (χ3v) is 5.43. The summed E-state index contributed by atoms with van der Waals surface area (Å²) in [6, 6.07) is 0. The molecule has 0 spiro atoms. The van der Waals surface area contributed by atoms with E-state index in [1.807, 2.05) is 0 Å². The van der Waals surface area contributed by atoms with Gasteiger partial charge in [0.15, 0.2) is 0 Å². The van der Waals surface area contributed by atoms with Crippen LogP contribution in [-0.2, 0) is 0 Å². The summed E-state index contributed by atoms with van der Waals surface area (Å²) in [6.07, 6.45) is 15.6. The van der Waals surface area contributed by atoms with Gasteiger partial charge in [0.2, 0.25) is 0 Å². The first-order chi connectivity index (χ1) is 9.47. The van der Waals surface area contributed by atoms with E-state index in [9.17, 15) is 0 Å². The lowest BCUT2D eigenvalue weighted by Gasteiger charge is -2.35. The number of hydrogen-bond acceptors (Lipinski definition) is 0. The van der Waals surface area contributed by atoms with E-state index in [2.05, 4.69) is 41.5 Å². The van der Waals surface area contributed by atoms with E-state index in [1.165, 1.54) is 70.6 Å². The van der Waals surface area contributed by atoms with Crippen molar-refractivity contribution in [1.29, 1.82) is 0 Å². The van der Waals surface area contributed by atoms with Gasteiger partial charge in [0.05, 0.1) is 0 Å². The predicted molar refractivity (Wildman–Crippen MR) is 94.2 cm³/mol. The molecule has 122 valence electrons. The molecule has 0 aromatic rings. The number of rotatable bonds is 13. The SMILES string of the molecule is CCCCCCC(CC)CC(C)(C)C(C)CCCCC. The summed E-state index contributed by atoms with van der Waals surface area (Å²) in [5.74, 6) is 1.83. The molecule has 0 nitrogen and oxygen atoms in total. The lowest BCUT2D eigenvalue weighted by molar-refractivity contribution is 0.154. The van der Waals surface area contributed by atoms with Crippen LogP contribution in [0.4, 0.5) is 0 Å². The molecule has 0 heteroatoms. The second kappa shape index (κ2) is 11.6. The van der Waals surface area contributed by atoms with Crippen LogP contribution in [0.5, 0.6) is 0 Å². The molecule has 0 aliphatic heterocycles. The third-order valence-electron chi connectivity index (χ3n) is 5.43. The normalized spacial score (nSPS) is 15.3. The quantitative estimate of drug-likeness (QED) is 0.305. The molecular formula is C20H42. The zero-order chi connectivity index (χ0) is 15.4. The maximum absolute atomic E-state index is 2.51. The zero-order valence-electron chi connectivity index (χ0n) is 15.4. The van der Waals surface area contributed by atoms with Crippen molar-refractivity contribution in [3.8, 4) is 0 Å². The molecule has 0 aliphatic rings. The Morgan fingerprint density at radius 1 is 0.750 bits per heavy atom. The molecule has 0 saturated carbocycles. The molecule has 0 aromatic heterocycles. The Hall–Kier alpha value is 0. The van der Waals surface area contributed by atoms with Gasteiger partial charge in [0, 0.05) is 0 Å². The van der Waals surface area contributed by atoms with E-state index in [0.29, 0.717) is 5.41 Å². The van der Waals surface area contributed by atoms with Crippen molar-refractivity contribution in [1.82, 2.24) is 0 Å². The highest BCUT2D eigenvalue weighted by Crippen LogP contribution is 2.39. The highest BCUT2D eigenvalue weighted by atomic mass is 14.3. The van der Waals surface area contributed by atoms with Crippen LogP contribution in [0.3, 0.4) is 0 Å². The van der Waals surface area contributed by atoms with E-state index in [1.54, 1.807) is 0 Å². The second-order valence-corrected chi connectivity index (χ2v) is 7.71. The second-order valence-electron chi connectivity index (χ2n) is 7.71. The van der Waals surface area contributed by atoms with E-state index >= 15 is 0 Å². The lowest BCUT2D eigenvalue weighted by Crippen LogP contribution is -2.25. The van der Waals surface area contributed by atoms with E-state index < -0.39 is 0 Å². The molecule has 0 fully saturated rings. The van der Waals surface area contributed by atoms with Crippen molar-refractivity contribution in [3.63, 3.8) is 0 Å². The molecule has 2 atom stereocenters. The third kappa shape index (κ3) is 9.03. The average Bonchev–Trinajstić information content (AvgIpc) is 2.42. The van der Waals surface area contributed by atoms with Crippen LogP contribution in [0, 0.1) is 17.3 Å². The van der Waals surface area contributed by atoms with Crippen LogP contribution in [-0.4, -0.2) is 0 Å². The molecule has 20 heavy (non-hydrogen) atoms. The van der Waals surface area contributed by atoms with Crippen molar-refractivity contribution in [2.45, 2.75) is 112 Å². The van der Waals surface area contributed by atoms with Gasteiger partial charge in [-0.05, 0) is 23.7 Å². The Kier molecular flexibility index (Phi) is 11.6. The minimum absolute atomic E-state index is 0.527. The summed E-state index contributed by atoms with van der Waals surface area (Å²) in [4.78, 5) is 0. The highest BCUT2D eigenvalue weighted by Gasteiger charge is 2.28. The Bertz CT molecular complexity index is 204. The molecule has 0 radical (unpaired) electrons.